The van der Waals surface area contributed by atoms with Gasteiger partial charge in [-0.2, -0.15) is 0 Å². The fourth-order valence-electron chi connectivity index (χ4n) is 6.61. The first-order chi connectivity index (χ1) is 27.6. The topological polar surface area (TPSA) is 228 Å². The molecule has 2 saturated heterocycles. The zero-order valence-corrected chi connectivity index (χ0v) is 34.3. The van der Waals surface area contributed by atoms with Crippen molar-refractivity contribution in [3.63, 3.8) is 0 Å². The van der Waals surface area contributed by atoms with Gasteiger partial charge in [0.05, 0.1) is 32.0 Å². The highest BCUT2D eigenvalue weighted by Gasteiger charge is 2.50. The van der Waals surface area contributed by atoms with Gasteiger partial charge in [-0.05, 0) is 57.8 Å². The molecule has 2 fully saturated rings. The molecule has 14 nitrogen and oxygen atoms in total. The van der Waals surface area contributed by atoms with Crippen LogP contribution in [0.15, 0.2) is 48.6 Å². The molecule has 12 unspecified atom stereocenters. The summed E-state index contributed by atoms with van der Waals surface area (Å²) in [5.41, 5.74) is 0. The van der Waals surface area contributed by atoms with Gasteiger partial charge in [-0.3, -0.25) is 4.79 Å². The van der Waals surface area contributed by atoms with E-state index in [2.05, 4.69) is 55.6 Å². The summed E-state index contributed by atoms with van der Waals surface area (Å²) in [5, 5.41) is 86.1. The molecule has 0 saturated carbocycles. The third-order valence-corrected chi connectivity index (χ3v) is 10.2. The highest BCUT2D eigenvalue weighted by molar-refractivity contribution is 5.76. The molecule has 1 amide bonds. The number of allylic oxidation sites excluding steroid dienone is 7. The molecule has 0 aromatic carbocycles. The molecule has 0 spiro atoms. The molecule has 0 aromatic rings. The van der Waals surface area contributed by atoms with Gasteiger partial charge in [-0.15, -0.1) is 0 Å². The van der Waals surface area contributed by atoms with Gasteiger partial charge in [-0.1, -0.05) is 107 Å². The molecule has 9 N–H and O–H groups in total. The predicted molar refractivity (Wildman–Crippen MR) is 217 cm³/mol. The molecule has 12 atom stereocenters. The van der Waals surface area contributed by atoms with Crippen LogP contribution in [0.5, 0.6) is 0 Å². The Hall–Kier alpha value is -2.05. The summed E-state index contributed by atoms with van der Waals surface area (Å²) in [6.45, 7) is 2.61. The number of hydrogen-bond donors (Lipinski definition) is 9. The number of hydrogen-bond acceptors (Lipinski definition) is 13. The van der Waals surface area contributed by atoms with Crippen molar-refractivity contribution in [2.45, 2.75) is 197 Å². The number of carbonyl (C=O) groups excluding carboxylic acids is 1. The maximum atomic E-state index is 13.0. The van der Waals surface area contributed by atoms with E-state index in [0.717, 1.165) is 64.2 Å². The molecule has 0 radical (unpaired) electrons. The lowest BCUT2D eigenvalue weighted by atomic mass is 9.97. The zero-order valence-electron chi connectivity index (χ0n) is 34.3. The van der Waals surface area contributed by atoms with Gasteiger partial charge >= 0.3 is 0 Å². The van der Waals surface area contributed by atoms with Crippen molar-refractivity contribution in [3.8, 4) is 0 Å². The second-order valence-corrected chi connectivity index (χ2v) is 15.1. The van der Waals surface area contributed by atoms with Crippen LogP contribution in [0.1, 0.15) is 123 Å². The second kappa shape index (κ2) is 30.9. The van der Waals surface area contributed by atoms with E-state index in [4.69, 9.17) is 18.9 Å². The number of aliphatic hydroxyl groups is 8. The largest absolute Gasteiger partial charge is 0.394 e. The quantitative estimate of drug-likeness (QED) is 0.0375. The highest BCUT2D eigenvalue weighted by atomic mass is 16.7. The second-order valence-electron chi connectivity index (χ2n) is 15.1. The van der Waals surface area contributed by atoms with Gasteiger partial charge in [0.2, 0.25) is 5.91 Å². The van der Waals surface area contributed by atoms with Gasteiger partial charge in [0.25, 0.3) is 0 Å². The molecule has 57 heavy (non-hydrogen) atoms. The number of unbranched alkanes of at least 4 members (excludes halogenated alkanes) is 11. The SMILES string of the molecule is CCCC/C=C\C/C=C\CCCCCCCC(=O)NC(COC1OC(CO)C(OC2OC(CO)C(O)C(O)C2O)C(O)C1O)C(O)/C=C/CC/C=C/CCCCC. The van der Waals surface area contributed by atoms with Crippen molar-refractivity contribution < 1.29 is 64.6 Å². The molecule has 0 aliphatic carbocycles. The Labute approximate surface area is 340 Å². The monoisotopic (exact) mass is 814 g/mol. The Morgan fingerprint density at radius 3 is 1.88 bits per heavy atom. The molecule has 330 valence electrons. The van der Waals surface area contributed by atoms with Crippen LogP contribution in [0, 0.1) is 0 Å². The van der Waals surface area contributed by atoms with E-state index in [1.807, 2.05) is 6.08 Å². The van der Waals surface area contributed by atoms with Crippen LogP contribution in [-0.2, 0) is 23.7 Å². The zero-order chi connectivity index (χ0) is 41.8. The average molecular weight is 814 g/mol. The van der Waals surface area contributed by atoms with Crippen molar-refractivity contribution in [1.29, 1.82) is 0 Å². The number of ether oxygens (including phenoxy) is 4. The van der Waals surface area contributed by atoms with Crippen LogP contribution < -0.4 is 5.32 Å². The minimum Gasteiger partial charge on any atom is -0.394 e. The minimum atomic E-state index is -1.79. The standard InChI is InChI=1S/C43H75NO13/c1-3-5-7-9-11-13-14-15-16-17-19-21-23-25-27-35(48)44-31(32(47)26-24-22-20-18-12-10-8-6-4-2)30-54-42-40(53)38(51)41(34(29-46)56-42)57-43-39(52)37(50)36(49)33(28-45)55-43/h9,11-12,14-15,18,24,26,31-34,36-43,45-47,49-53H,3-8,10,13,16-17,19-23,25,27-30H2,1-2H3,(H,44,48)/b11-9-,15-14-,18-12+,26-24+. The first-order valence-electron chi connectivity index (χ1n) is 21.4. The normalized spacial score (nSPS) is 29.6. The average Bonchev–Trinajstić information content (AvgIpc) is 3.21. The molecule has 2 rings (SSSR count). The van der Waals surface area contributed by atoms with Crippen LogP contribution in [-0.4, -0.2) is 140 Å². The minimum absolute atomic E-state index is 0.255. The van der Waals surface area contributed by atoms with E-state index in [1.165, 1.54) is 25.7 Å². The van der Waals surface area contributed by atoms with E-state index in [-0.39, 0.29) is 18.9 Å². The molecule has 14 heteroatoms. The molecular formula is C43H75NO13. The van der Waals surface area contributed by atoms with Crippen molar-refractivity contribution in [2.75, 3.05) is 19.8 Å². The summed E-state index contributed by atoms with van der Waals surface area (Å²) in [6, 6.07) is -0.935. The smallest absolute Gasteiger partial charge is 0.220 e. The van der Waals surface area contributed by atoms with Crippen LogP contribution >= 0.6 is 0 Å². The fraction of sp³-hybridized carbons (Fsp3) is 0.791. The predicted octanol–water partition coefficient (Wildman–Crippen LogP) is 3.37. The Kier molecular flexibility index (Phi) is 27.7. The van der Waals surface area contributed by atoms with Gasteiger partial charge in [-0.25, -0.2) is 0 Å². The Bertz CT molecular complexity index is 1150. The van der Waals surface area contributed by atoms with Crippen molar-refractivity contribution in [1.82, 2.24) is 5.32 Å². The number of carbonyl (C=O) groups is 1. The molecule has 0 aromatic heterocycles. The summed E-state index contributed by atoms with van der Waals surface area (Å²) < 4.78 is 22.5. The number of aliphatic hydroxyl groups excluding tert-OH is 8. The van der Waals surface area contributed by atoms with Crippen LogP contribution in [0.2, 0.25) is 0 Å². The van der Waals surface area contributed by atoms with E-state index in [0.29, 0.717) is 12.8 Å². The molecule has 2 aliphatic rings. The van der Waals surface area contributed by atoms with E-state index in [9.17, 15) is 45.6 Å². The Morgan fingerprint density at radius 1 is 0.632 bits per heavy atom. The lowest BCUT2D eigenvalue weighted by molar-refractivity contribution is -0.359. The van der Waals surface area contributed by atoms with Gasteiger partial charge in [0, 0.05) is 6.42 Å². The van der Waals surface area contributed by atoms with E-state index >= 15 is 0 Å². The number of nitrogens with one attached hydrogen (secondary N) is 1. The first-order valence-corrected chi connectivity index (χ1v) is 21.4. The van der Waals surface area contributed by atoms with Crippen LogP contribution in [0.25, 0.3) is 0 Å². The Morgan fingerprint density at radius 2 is 1.19 bits per heavy atom. The van der Waals surface area contributed by atoms with Crippen LogP contribution in [0.4, 0.5) is 0 Å². The van der Waals surface area contributed by atoms with Gasteiger partial charge < -0.3 is 65.1 Å². The van der Waals surface area contributed by atoms with Crippen molar-refractivity contribution in [3.05, 3.63) is 48.6 Å². The van der Waals surface area contributed by atoms with Crippen LogP contribution in [0.3, 0.4) is 0 Å². The third kappa shape index (κ3) is 19.7. The fourth-order valence-corrected chi connectivity index (χ4v) is 6.61. The third-order valence-electron chi connectivity index (χ3n) is 10.2. The van der Waals surface area contributed by atoms with Gasteiger partial charge in [0.1, 0.15) is 48.8 Å². The summed E-state index contributed by atoms with van der Waals surface area (Å²) in [7, 11) is 0. The summed E-state index contributed by atoms with van der Waals surface area (Å²) in [6.07, 6.45) is 16.1. The van der Waals surface area contributed by atoms with Crippen molar-refractivity contribution in [2.24, 2.45) is 0 Å². The first kappa shape index (κ1) is 51.1. The number of rotatable bonds is 30. The molecular weight excluding hydrogens is 738 g/mol. The van der Waals surface area contributed by atoms with E-state index in [1.54, 1.807) is 6.08 Å². The summed E-state index contributed by atoms with van der Waals surface area (Å²) in [4.78, 5) is 13.0. The summed E-state index contributed by atoms with van der Waals surface area (Å²) in [5.74, 6) is -0.271. The number of amides is 1. The Balaban J connectivity index is 1.93. The molecule has 2 aliphatic heterocycles. The van der Waals surface area contributed by atoms with Crippen molar-refractivity contribution >= 4 is 5.91 Å². The maximum absolute atomic E-state index is 13.0. The highest BCUT2D eigenvalue weighted by Crippen LogP contribution is 2.29. The maximum Gasteiger partial charge on any atom is 0.220 e. The lowest BCUT2D eigenvalue weighted by Crippen LogP contribution is -2.65. The molecule has 2 heterocycles. The van der Waals surface area contributed by atoms with E-state index < -0.39 is 86.8 Å². The molecule has 0 bridgehead atoms. The van der Waals surface area contributed by atoms with Gasteiger partial charge in [0.15, 0.2) is 12.6 Å². The lowest BCUT2D eigenvalue weighted by Gasteiger charge is -2.46. The summed E-state index contributed by atoms with van der Waals surface area (Å²) >= 11 is 0.